The Morgan fingerprint density at radius 2 is 1.39 bits per heavy atom. The number of nitrogens with zero attached hydrogens (tertiary/aromatic N) is 2. The number of rotatable bonds is 6. The molecule has 6 heteroatoms. The third-order valence-electron chi connectivity index (χ3n) is 5.73. The normalized spacial score (nSPS) is 13.1. The topological polar surface area (TPSA) is 62.5 Å². The summed E-state index contributed by atoms with van der Waals surface area (Å²) in [7, 11) is -3.57. The SMILES string of the molecule is Cc1cc(C)c(N(C[C@@H](O)Cn2c3ccccc3c3ccccc32)S(C)(=O)=O)c(C)c1. The van der Waals surface area contributed by atoms with Crippen LogP contribution in [0, 0.1) is 20.8 Å². The molecule has 4 aromatic rings. The first-order valence-electron chi connectivity index (χ1n) is 10.4. The minimum atomic E-state index is -3.57. The predicted octanol–water partition coefficient (Wildman–Crippen LogP) is 4.55. The Labute approximate surface area is 183 Å². The van der Waals surface area contributed by atoms with Crippen LogP contribution in [0.15, 0.2) is 60.7 Å². The fourth-order valence-corrected chi connectivity index (χ4v) is 5.68. The molecule has 5 nitrogen and oxygen atoms in total. The van der Waals surface area contributed by atoms with E-state index in [0.29, 0.717) is 12.2 Å². The van der Waals surface area contributed by atoms with Gasteiger partial charge in [0.05, 0.1) is 31.1 Å². The van der Waals surface area contributed by atoms with Gasteiger partial charge in [0, 0.05) is 21.8 Å². The molecule has 3 aromatic carbocycles. The Balaban J connectivity index is 1.73. The number of benzene rings is 3. The van der Waals surface area contributed by atoms with Gasteiger partial charge >= 0.3 is 0 Å². The van der Waals surface area contributed by atoms with Crippen LogP contribution in [-0.2, 0) is 16.6 Å². The summed E-state index contributed by atoms with van der Waals surface area (Å²) in [6, 6.07) is 20.1. The Bertz CT molecular complexity index is 1300. The Morgan fingerprint density at radius 3 is 1.87 bits per heavy atom. The summed E-state index contributed by atoms with van der Waals surface area (Å²) in [6.45, 7) is 6.10. The zero-order chi connectivity index (χ0) is 22.3. The molecule has 0 radical (unpaired) electrons. The quantitative estimate of drug-likeness (QED) is 0.482. The highest BCUT2D eigenvalue weighted by Crippen LogP contribution is 2.31. The van der Waals surface area contributed by atoms with E-state index in [2.05, 4.69) is 16.7 Å². The van der Waals surface area contributed by atoms with Crippen LogP contribution in [0.4, 0.5) is 5.69 Å². The van der Waals surface area contributed by atoms with Crippen molar-refractivity contribution in [3.63, 3.8) is 0 Å². The lowest BCUT2D eigenvalue weighted by Gasteiger charge is -2.28. The van der Waals surface area contributed by atoms with Gasteiger partial charge in [0.1, 0.15) is 0 Å². The number of anilines is 1. The summed E-state index contributed by atoms with van der Waals surface area (Å²) in [6.07, 6.45) is 0.313. The number of aliphatic hydroxyl groups excluding tert-OH is 1. The number of aromatic nitrogens is 1. The standard InChI is InChI=1S/C25H28N2O3S/c1-17-13-18(2)25(19(3)14-17)27(31(4,29)30)16-20(28)15-26-23-11-7-5-9-21(23)22-10-6-8-12-24(22)26/h5-14,20,28H,15-16H2,1-4H3/t20-/m0/s1. The number of hydrogen-bond donors (Lipinski definition) is 1. The van der Waals surface area contributed by atoms with Crippen LogP contribution < -0.4 is 4.31 Å². The highest BCUT2D eigenvalue weighted by atomic mass is 32.2. The first-order chi connectivity index (χ1) is 14.7. The number of para-hydroxylation sites is 2. The second-order valence-electron chi connectivity index (χ2n) is 8.34. The minimum absolute atomic E-state index is 0.00952. The molecule has 1 heterocycles. The van der Waals surface area contributed by atoms with Crippen LogP contribution >= 0.6 is 0 Å². The molecule has 0 spiro atoms. The lowest BCUT2D eigenvalue weighted by molar-refractivity contribution is 0.166. The van der Waals surface area contributed by atoms with Gasteiger partial charge < -0.3 is 9.67 Å². The van der Waals surface area contributed by atoms with Crippen LogP contribution in [-0.4, -0.2) is 37.0 Å². The number of aryl methyl sites for hydroxylation is 3. The van der Waals surface area contributed by atoms with Gasteiger partial charge in [0.2, 0.25) is 10.0 Å². The fraction of sp³-hybridized carbons (Fsp3) is 0.280. The van der Waals surface area contributed by atoms with E-state index in [1.54, 1.807) is 0 Å². The summed E-state index contributed by atoms with van der Waals surface area (Å²) >= 11 is 0. The number of aliphatic hydroxyl groups is 1. The van der Waals surface area contributed by atoms with Crippen LogP contribution in [0.3, 0.4) is 0 Å². The summed E-state index contributed by atoms with van der Waals surface area (Å²) in [5.74, 6) is 0. The van der Waals surface area contributed by atoms with Crippen molar-refractivity contribution in [2.75, 3.05) is 17.1 Å². The maximum atomic E-state index is 12.7. The highest BCUT2D eigenvalue weighted by Gasteiger charge is 2.25. The fourth-order valence-electron chi connectivity index (χ4n) is 4.62. The van der Waals surface area contributed by atoms with Gasteiger partial charge in [-0.05, 0) is 44.0 Å². The van der Waals surface area contributed by atoms with Crippen molar-refractivity contribution in [1.82, 2.24) is 4.57 Å². The molecule has 0 bridgehead atoms. The van der Waals surface area contributed by atoms with Crippen LogP contribution in [0.2, 0.25) is 0 Å². The molecule has 4 rings (SSSR count). The van der Waals surface area contributed by atoms with Gasteiger partial charge in [-0.15, -0.1) is 0 Å². The summed E-state index contributed by atoms with van der Waals surface area (Å²) in [5, 5.41) is 13.3. The average Bonchev–Trinajstić information content (AvgIpc) is 3.00. The maximum absolute atomic E-state index is 12.7. The van der Waals surface area contributed by atoms with E-state index in [0.717, 1.165) is 38.5 Å². The summed E-state index contributed by atoms with van der Waals surface area (Å²) < 4.78 is 28.8. The van der Waals surface area contributed by atoms with Crippen molar-refractivity contribution >= 4 is 37.5 Å². The van der Waals surface area contributed by atoms with E-state index >= 15 is 0 Å². The van der Waals surface area contributed by atoms with Gasteiger partial charge in [-0.1, -0.05) is 54.1 Å². The maximum Gasteiger partial charge on any atom is 0.232 e. The molecule has 0 aliphatic carbocycles. The molecule has 0 unspecified atom stereocenters. The average molecular weight is 437 g/mol. The van der Waals surface area contributed by atoms with E-state index < -0.39 is 16.1 Å². The van der Waals surface area contributed by atoms with Crippen molar-refractivity contribution in [3.8, 4) is 0 Å². The van der Waals surface area contributed by atoms with Crippen molar-refractivity contribution in [2.45, 2.75) is 33.4 Å². The molecular weight excluding hydrogens is 408 g/mol. The van der Waals surface area contributed by atoms with Crippen molar-refractivity contribution in [3.05, 3.63) is 77.4 Å². The monoisotopic (exact) mass is 436 g/mol. The second kappa shape index (κ2) is 8.02. The molecule has 0 fully saturated rings. The van der Waals surface area contributed by atoms with E-state index in [4.69, 9.17) is 0 Å². The first-order valence-corrected chi connectivity index (χ1v) is 12.2. The molecule has 0 amide bonds. The number of hydrogen-bond acceptors (Lipinski definition) is 3. The summed E-state index contributed by atoms with van der Waals surface area (Å²) in [5.41, 5.74) is 5.54. The molecule has 0 aliphatic heterocycles. The molecule has 1 N–H and O–H groups in total. The molecule has 1 atom stereocenters. The van der Waals surface area contributed by atoms with Gasteiger partial charge in [0.15, 0.2) is 0 Å². The van der Waals surface area contributed by atoms with Crippen LogP contribution in [0.1, 0.15) is 16.7 Å². The lowest BCUT2D eigenvalue weighted by Crippen LogP contribution is -2.39. The Kier molecular flexibility index (Phi) is 5.54. The molecule has 0 saturated heterocycles. The molecule has 162 valence electrons. The molecular formula is C25H28N2O3S. The van der Waals surface area contributed by atoms with E-state index in [-0.39, 0.29) is 6.54 Å². The van der Waals surface area contributed by atoms with Crippen LogP contribution in [0.5, 0.6) is 0 Å². The van der Waals surface area contributed by atoms with Gasteiger partial charge in [0.25, 0.3) is 0 Å². The Morgan fingerprint density at radius 1 is 0.903 bits per heavy atom. The van der Waals surface area contributed by atoms with E-state index in [1.807, 2.05) is 69.3 Å². The first kappa shape index (κ1) is 21.4. The second-order valence-corrected chi connectivity index (χ2v) is 10.2. The van der Waals surface area contributed by atoms with E-state index in [1.165, 1.54) is 10.6 Å². The largest absolute Gasteiger partial charge is 0.389 e. The molecule has 0 saturated carbocycles. The lowest BCUT2D eigenvalue weighted by atomic mass is 10.0. The van der Waals surface area contributed by atoms with Crippen molar-refractivity contribution in [1.29, 1.82) is 0 Å². The third-order valence-corrected chi connectivity index (χ3v) is 6.87. The van der Waals surface area contributed by atoms with Crippen molar-refractivity contribution in [2.24, 2.45) is 0 Å². The molecule has 1 aromatic heterocycles. The van der Waals surface area contributed by atoms with E-state index in [9.17, 15) is 13.5 Å². The highest BCUT2D eigenvalue weighted by molar-refractivity contribution is 7.92. The van der Waals surface area contributed by atoms with Crippen LogP contribution in [0.25, 0.3) is 21.8 Å². The zero-order valence-electron chi connectivity index (χ0n) is 18.3. The Hall–Kier alpha value is -2.83. The predicted molar refractivity (Wildman–Crippen MR) is 128 cm³/mol. The third kappa shape index (κ3) is 4.05. The minimum Gasteiger partial charge on any atom is -0.389 e. The van der Waals surface area contributed by atoms with Gasteiger partial charge in [-0.2, -0.15) is 0 Å². The molecule has 31 heavy (non-hydrogen) atoms. The number of fused-ring (bicyclic) bond motifs is 3. The molecule has 0 aliphatic rings. The van der Waals surface area contributed by atoms with Gasteiger partial charge in [-0.25, -0.2) is 8.42 Å². The van der Waals surface area contributed by atoms with Gasteiger partial charge in [-0.3, -0.25) is 4.31 Å². The van der Waals surface area contributed by atoms with Crippen molar-refractivity contribution < 1.29 is 13.5 Å². The zero-order valence-corrected chi connectivity index (χ0v) is 19.1. The summed E-state index contributed by atoms with van der Waals surface area (Å²) in [4.78, 5) is 0. The smallest absolute Gasteiger partial charge is 0.232 e. The number of sulfonamides is 1.